The van der Waals surface area contributed by atoms with Gasteiger partial charge in [-0.1, -0.05) is 35.4 Å². The van der Waals surface area contributed by atoms with Gasteiger partial charge in [-0.05, 0) is 45.0 Å². The zero-order valence-electron chi connectivity index (χ0n) is 16.5. The largest absolute Gasteiger partial charge is 0.463 e. The molecule has 152 valence electrons. The molecule has 7 heteroatoms. The van der Waals surface area contributed by atoms with Crippen molar-refractivity contribution in [2.75, 3.05) is 12.4 Å². The number of carbonyl (C=O) groups excluding carboxylic acids is 3. The number of ether oxygens (including phenoxy) is 2. The van der Waals surface area contributed by atoms with E-state index in [1.54, 1.807) is 6.92 Å². The van der Waals surface area contributed by atoms with E-state index in [9.17, 15) is 14.4 Å². The number of esters is 2. The number of ketones is 1. The summed E-state index contributed by atoms with van der Waals surface area (Å²) in [7, 11) is 0. The first-order chi connectivity index (χ1) is 13.9. The second-order valence-corrected chi connectivity index (χ2v) is 9.00. The minimum atomic E-state index is -1.67. The van der Waals surface area contributed by atoms with Gasteiger partial charge in [0.15, 0.2) is 0 Å². The Balaban J connectivity index is 1.92. The second kappa shape index (κ2) is 9.05. The topological polar surface area (TPSA) is 69.7 Å². The SMILES string of the molecule is CCOC(=O)C1(CSc2ccc(C)cc2)OC(=O)C(=O)C1Sc1ccc(C)cc1. The third-order valence-electron chi connectivity index (χ3n) is 4.51. The smallest absolute Gasteiger partial charge is 0.377 e. The maximum Gasteiger partial charge on any atom is 0.377 e. The summed E-state index contributed by atoms with van der Waals surface area (Å²) in [6.45, 7) is 5.76. The van der Waals surface area contributed by atoms with Crippen LogP contribution in [-0.4, -0.2) is 40.9 Å². The van der Waals surface area contributed by atoms with Crippen molar-refractivity contribution in [1.29, 1.82) is 0 Å². The number of rotatable bonds is 7. The van der Waals surface area contributed by atoms with Crippen LogP contribution in [-0.2, 0) is 23.9 Å². The third-order valence-corrected chi connectivity index (χ3v) is 7.06. The van der Waals surface area contributed by atoms with Crippen molar-refractivity contribution in [2.24, 2.45) is 0 Å². The Morgan fingerprint density at radius 1 is 1.00 bits per heavy atom. The molecular formula is C22H22O5S2. The van der Waals surface area contributed by atoms with Gasteiger partial charge >= 0.3 is 11.9 Å². The summed E-state index contributed by atoms with van der Waals surface area (Å²) in [5.74, 6) is -2.31. The van der Waals surface area contributed by atoms with Crippen LogP contribution in [0.2, 0.25) is 0 Å². The number of hydrogen-bond donors (Lipinski definition) is 0. The molecule has 1 aliphatic heterocycles. The summed E-state index contributed by atoms with van der Waals surface area (Å²) in [4.78, 5) is 39.5. The lowest BCUT2D eigenvalue weighted by Crippen LogP contribution is -2.50. The van der Waals surface area contributed by atoms with E-state index in [1.807, 2.05) is 62.4 Å². The quantitative estimate of drug-likeness (QED) is 0.374. The van der Waals surface area contributed by atoms with Gasteiger partial charge in [-0.25, -0.2) is 9.59 Å². The summed E-state index contributed by atoms with van der Waals surface area (Å²) < 4.78 is 10.7. The van der Waals surface area contributed by atoms with E-state index in [1.165, 1.54) is 11.8 Å². The van der Waals surface area contributed by atoms with E-state index < -0.39 is 28.6 Å². The van der Waals surface area contributed by atoms with E-state index in [0.29, 0.717) is 0 Å². The monoisotopic (exact) mass is 430 g/mol. The van der Waals surface area contributed by atoms with Crippen molar-refractivity contribution >= 4 is 41.2 Å². The zero-order valence-corrected chi connectivity index (χ0v) is 18.1. The average molecular weight is 431 g/mol. The molecule has 5 nitrogen and oxygen atoms in total. The summed E-state index contributed by atoms with van der Waals surface area (Å²) in [6.07, 6.45) is 0. The predicted octanol–water partition coefficient (Wildman–Crippen LogP) is 3.98. The third kappa shape index (κ3) is 4.67. The lowest BCUT2D eigenvalue weighted by molar-refractivity contribution is -0.171. The number of cyclic esters (lactones) is 1. The molecule has 0 N–H and O–H groups in total. The highest BCUT2D eigenvalue weighted by Gasteiger charge is 2.62. The van der Waals surface area contributed by atoms with Crippen LogP contribution < -0.4 is 0 Å². The molecule has 1 aliphatic rings. The van der Waals surface area contributed by atoms with Crippen LogP contribution in [0.5, 0.6) is 0 Å². The first kappa shape index (κ1) is 21.5. The molecule has 0 spiro atoms. The van der Waals surface area contributed by atoms with Crippen LogP contribution >= 0.6 is 23.5 Å². The van der Waals surface area contributed by atoms with Gasteiger partial charge in [0, 0.05) is 9.79 Å². The number of hydrogen-bond acceptors (Lipinski definition) is 7. The van der Waals surface area contributed by atoms with Gasteiger partial charge in [-0.15, -0.1) is 23.5 Å². The first-order valence-electron chi connectivity index (χ1n) is 9.23. The van der Waals surface area contributed by atoms with Crippen LogP contribution in [0.1, 0.15) is 18.1 Å². The van der Waals surface area contributed by atoms with E-state index in [2.05, 4.69) is 0 Å². The van der Waals surface area contributed by atoms with Crippen LogP contribution in [0.15, 0.2) is 58.3 Å². The molecule has 0 aliphatic carbocycles. The van der Waals surface area contributed by atoms with Crippen molar-refractivity contribution in [1.82, 2.24) is 0 Å². The maximum atomic E-state index is 12.9. The van der Waals surface area contributed by atoms with Gasteiger partial charge in [0.1, 0.15) is 5.25 Å². The van der Waals surface area contributed by atoms with E-state index >= 15 is 0 Å². The fourth-order valence-electron chi connectivity index (χ4n) is 2.88. The normalized spacial score (nSPS) is 21.1. The van der Waals surface area contributed by atoms with Crippen LogP contribution in [0.4, 0.5) is 0 Å². The molecule has 2 aromatic rings. The average Bonchev–Trinajstić information content (AvgIpc) is 2.95. The lowest BCUT2D eigenvalue weighted by Gasteiger charge is -2.29. The molecule has 0 amide bonds. The van der Waals surface area contributed by atoms with Gasteiger partial charge in [0.05, 0.1) is 12.4 Å². The minimum absolute atomic E-state index is 0.0932. The van der Waals surface area contributed by atoms with Crippen molar-refractivity contribution in [3.8, 4) is 0 Å². The Morgan fingerprint density at radius 2 is 1.55 bits per heavy atom. The summed E-state index contributed by atoms with van der Waals surface area (Å²) in [5.41, 5.74) is 0.519. The summed E-state index contributed by atoms with van der Waals surface area (Å²) >= 11 is 2.52. The van der Waals surface area contributed by atoms with E-state index in [4.69, 9.17) is 9.47 Å². The van der Waals surface area contributed by atoms with Gasteiger partial charge in [0.25, 0.3) is 5.78 Å². The van der Waals surface area contributed by atoms with Crippen LogP contribution in [0.3, 0.4) is 0 Å². The number of aryl methyl sites for hydroxylation is 2. The Labute approximate surface area is 178 Å². The van der Waals surface area contributed by atoms with Crippen molar-refractivity contribution < 1.29 is 23.9 Å². The summed E-state index contributed by atoms with van der Waals surface area (Å²) in [6, 6.07) is 15.3. The predicted molar refractivity (Wildman–Crippen MR) is 113 cm³/mol. The molecule has 2 atom stereocenters. The van der Waals surface area contributed by atoms with E-state index in [0.717, 1.165) is 32.7 Å². The standard InChI is InChI=1S/C22H22O5S2/c1-4-26-21(25)22(13-28-16-9-5-14(2)6-10-16)19(18(23)20(24)27-22)29-17-11-7-15(3)8-12-17/h5-12,19H,4,13H2,1-3H3. The molecule has 29 heavy (non-hydrogen) atoms. The number of benzene rings is 2. The fourth-order valence-corrected chi connectivity index (χ4v) is 5.23. The van der Waals surface area contributed by atoms with E-state index in [-0.39, 0.29) is 12.4 Å². The molecular weight excluding hydrogens is 408 g/mol. The number of Topliss-reactive ketones (excluding diaryl/α,β-unsaturated/α-hetero) is 1. The summed E-state index contributed by atoms with van der Waals surface area (Å²) in [5, 5.41) is -1.00. The second-order valence-electron chi connectivity index (χ2n) is 6.78. The van der Waals surface area contributed by atoms with Gasteiger partial charge in [0.2, 0.25) is 5.60 Å². The maximum absolute atomic E-state index is 12.9. The molecule has 2 unspecified atom stereocenters. The van der Waals surface area contributed by atoms with Gasteiger partial charge in [-0.2, -0.15) is 0 Å². The first-order valence-corrected chi connectivity index (χ1v) is 11.1. The highest BCUT2D eigenvalue weighted by atomic mass is 32.2. The molecule has 0 aromatic heterocycles. The minimum Gasteiger partial charge on any atom is -0.463 e. The molecule has 0 bridgehead atoms. The highest BCUT2D eigenvalue weighted by molar-refractivity contribution is 8.01. The lowest BCUT2D eigenvalue weighted by atomic mass is 10.0. The van der Waals surface area contributed by atoms with Gasteiger partial charge < -0.3 is 9.47 Å². The Bertz CT molecular complexity index is 908. The Morgan fingerprint density at radius 3 is 2.10 bits per heavy atom. The Hall–Kier alpha value is -2.25. The van der Waals surface area contributed by atoms with Crippen LogP contribution in [0.25, 0.3) is 0 Å². The molecule has 3 rings (SSSR count). The fraction of sp³-hybridized carbons (Fsp3) is 0.318. The van der Waals surface area contributed by atoms with Crippen molar-refractivity contribution in [3.05, 3.63) is 59.7 Å². The molecule has 1 saturated heterocycles. The van der Waals surface area contributed by atoms with Crippen molar-refractivity contribution in [3.63, 3.8) is 0 Å². The number of carbonyl (C=O) groups is 3. The Kier molecular flexibility index (Phi) is 6.70. The highest BCUT2D eigenvalue weighted by Crippen LogP contribution is 2.42. The van der Waals surface area contributed by atoms with Gasteiger partial charge in [-0.3, -0.25) is 4.79 Å². The number of thioether (sulfide) groups is 2. The molecule has 0 radical (unpaired) electrons. The molecule has 1 heterocycles. The van der Waals surface area contributed by atoms with Crippen LogP contribution in [0, 0.1) is 13.8 Å². The molecule has 1 fully saturated rings. The molecule has 2 aromatic carbocycles. The molecule has 0 saturated carbocycles. The van der Waals surface area contributed by atoms with Crippen molar-refractivity contribution in [2.45, 2.75) is 41.4 Å². The zero-order chi connectivity index (χ0) is 21.0.